The second kappa shape index (κ2) is 6.48. The first-order valence-electron chi connectivity index (χ1n) is 8.68. The number of hydrogen-bond acceptors (Lipinski definition) is 7. The summed E-state index contributed by atoms with van der Waals surface area (Å²) in [5, 5.41) is 11.8. The second-order valence-corrected chi connectivity index (χ2v) is 7.13. The standard InChI is InChI=1S/C17H19ClN8O2/c1-19-13(9-8-21-24-14(9)20-2)22-11-7-10(18)12-15(27)23-17(5-4-6-17)25(3)26(12)16(11)28/h7-8,22H,1,4-6H2,2-3H3,(H,20,24)(H,23,27)/b13-9+. The quantitative estimate of drug-likeness (QED) is 0.641. The Labute approximate surface area is 165 Å². The molecule has 1 fully saturated rings. The fourth-order valence-electron chi connectivity index (χ4n) is 3.60. The van der Waals surface area contributed by atoms with Crippen molar-refractivity contribution in [2.45, 2.75) is 24.9 Å². The van der Waals surface area contributed by atoms with Crippen molar-refractivity contribution in [2.75, 3.05) is 24.4 Å². The lowest BCUT2D eigenvalue weighted by Crippen LogP contribution is -2.72. The minimum absolute atomic E-state index is 0.109. The molecule has 3 heterocycles. The summed E-state index contributed by atoms with van der Waals surface area (Å²) in [7, 11) is 3.37. The van der Waals surface area contributed by atoms with Crippen LogP contribution >= 0.6 is 11.6 Å². The number of hydrogen-bond donors (Lipinski definition) is 3. The summed E-state index contributed by atoms with van der Waals surface area (Å²) < 4.78 is 1.32. The number of aliphatic imine (C=N–C) groups is 2. The SMILES string of the molecule is C=N/C(Nc1cc(Cl)c2n(c1=O)N(C)C1(CCC1)NC2=O)=C1/C=NN/C1=N/C. The molecule has 28 heavy (non-hydrogen) atoms. The third-order valence-corrected chi connectivity index (χ3v) is 5.59. The van der Waals surface area contributed by atoms with Gasteiger partial charge in [-0.15, -0.1) is 0 Å². The molecule has 0 aromatic carbocycles. The zero-order valence-electron chi connectivity index (χ0n) is 15.4. The largest absolute Gasteiger partial charge is 0.335 e. The molecule has 0 bridgehead atoms. The number of fused-ring (bicyclic) bond motifs is 1. The zero-order chi connectivity index (χ0) is 20.1. The van der Waals surface area contributed by atoms with E-state index in [1.165, 1.54) is 17.0 Å². The zero-order valence-corrected chi connectivity index (χ0v) is 16.2. The highest BCUT2D eigenvalue weighted by atomic mass is 35.5. The fourth-order valence-corrected chi connectivity index (χ4v) is 3.87. The van der Waals surface area contributed by atoms with E-state index in [0.717, 1.165) is 19.3 Å². The van der Waals surface area contributed by atoms with Crippen molar-refractivity contribution in [1.29, 1.82) is 0 Å². The number of amides is 1. The molecule has 3 N–H and O–H groups in total. The summed E-state index contributed by atoms with van der Waals surface area (Å²) in [6, 6.07) is 1.41. The molecule has 10 nitrogen and oxygen atoms in total. The van der Waals surface area contributed by atoms with E-state index in [-0.39, 0.29) is 22.3 Å². The first kappa shape index (κ1) is 18.2. The minimum Gasteiger partial charge on any atom is -0.335 e. The molecule has 2 aliphatic heterocycles. The molecule has 0 radical (unpaired) electrons. The van der Waals surface area contributed by atoms with Gasteiger partial charge in [0.2, 0.25) is 0 Å². The average molecular weight is 403 g/mol. The second-order valence-electron chi connectivity index (χ2n) is 6.72. The van der Waals surface area contributed by atoms with Gasteiger partial charge < -0.3 is 10.6 Å². The van der Waals surface area contributed by atoms with E-state index in [4.69, 9.17) is 11.6 Å². The van der Waals surface area contributed by atoms with Crippen LogP contribution in [-0.2, 0) is 0 Å². The van der Waals surface area contributed by atoms with Gasteiger partial charge in [0.05, 0.1) is 16.8 Å². The minimum atomic E-state index is -0.558. The van der Waals surface area contributed by atoms with Crippen LogP contribution in [0.1, 0.15) is 29.8 Å². The Balaban J connectivity index is 1.83. The molecule has 0 saturated heterocycles. The lowest BCUT2D eigenvalue weighted by molar-refractivity contribution is 0.0700. The normalized spacial score (nSPS) is 22.5. The van der Waals surface area contributed by atoms with Crippen molar-refractivity contribution in [3.8, 4) is 0 Å². The molecule has 1 spiro atoms. The van der Waals surface area contributed by atoms with Crippen molar-refractivity contribution in [2.24, 2.45) is 15.1 Å². The predicted octanol–water partition coefficient (Wildman–Crippen LogP) is 0.634. The van der Waals surface area contributed by atoms with Gasteiger partial charge in [0.1, 0.15) is 22.9 Å². The predicted molar refractivity (Wildman–Crippen MR) is 109 cm³/mol. The number of amidine groups is 1. The summed E-state index contributed by atoms with van der Waals surface area (Å²) in [5.41, 5.74) is 2.59. The van der Waals surface area contributed by atoms with Gasteiger partial charge >= 0.3 is 0 Å². The number of aromatic nitrogens is 1. The summed E-state index contributed by atoms with van der Waals surface area (Å²) in [5.74, 6) is 0.424. The van der Waals surface area contributed by atoms with Gasteiger partial charge in [-0.1, -0.05) is 11.6 Å². The third-order valence-electron chi connectivity index (χ3n) is 5.30. The van der Waals surface area contributed by atoms with E-state index in [0.29, 0.717) is 17.2 Å². The van der Waals surface area contributed by atoms with Crippen LogP contribution in [-0.4, -0.2) is 49.1 Å². The smallest absolute Gasteiger partial charge is 0.293 e. The highest BCUT2D eigenvalue weighted by Gasteiger charge is 2.48. The first-order valence-corrected chi connectivity index (χ1v) is 9.06. The van der Waals surface area contributed by atoms with Crippen LogP contribution in [0.3, 0.4) is 0 Å². The molecule has 1 amide bonds. The van der Waals surface area contributed by atoms with Crippen molar-refractivity contribution >= 4 is 42.0 Å². The molecule has 1 aromatic heterocycles. The molecule has 4 rings (SSSR count). The molecular weight excluding hydrogens is 384 g/mol. The van der Waals surface area contributed by atoms with Crippen LogP contribution in [0, 0.1) is 0 Å². The van der Waals surface area contributed by atoms with Gasteiger partial charge in [-0.25, -0.2) is 9.67 Å². The van der Waals surface area contributed by atoms with Crippen LogP contribution in [0.5, 0.6) is 0 Å². The topological polar surface area (TPSA) is 115 Å². The molecule has 0 atom stereocenters. The Kier molecular flexibility index (Phi) is 4.22. The summed E-state index contributed by atoms with van der Waals surface area (Å²) >= 11 is 6.36. The summed E-state index contributed by atoms with van der Waals surface area (Å²) in [4.78, 5) is 33.9. The van der Waals surface area contributed by atoms with Gasteiger partial charge in [0.15, 0.2) is 5.84 Å². The van der Waals surface area contributed by atoms with Gasteiger partial charge in [-0.3, -0.25) is 25.0 Å². The highest BCUT2D eigenvalue weighted by molar-refractivity contribution is 6.34. The third kappa shape index (κ3) is 2.52. The van der Waals surface area contributed by atoms with Crippen LogP contribution in [0.4, 0.5) is 5.69 Å². The number of hydrazone groups is 1. The summed E-state index contributed by atoms with van der Waals surface area (Å²) in [6.07, 6.45) is 4.03. The molecule has 11 heteroatoms. The summed E-state index contributed by atoms with van der Waals surface area (Å²) in [6.45, 7) is 3.55. The number of rotatable bonds is 3. The van der Waals surface area contributed by atoms with Crippen LogP contribution in [0.25, 0.3) is 0 Å². The maximum Gasteiger partial charge on any atom is 0.293 e. The Bertz CT molecular complexity index is 1030. The van der Waals surface area contributed by atoms with E-state index in [1.807, 2.05) is 0 Å². The number of anilines is 1. The van der Waals surface area contributed by atoms with E-state index in [2.05, 4.69) is 37.9 Å². The van der Waals surface area contributed by atoms with E-state index in [1.54, 1.807) is 19.1 Å². The van der Waals surface area contributed by atoms with Crippen molar-refractivity contribution in [1.82, 2.24) is 15.4 Å². The van der Waals surface area contributed by atoms with Gasteiger partial charge in [0, 0.05) is 14.1 Å². The number of pyridine rings is 1. The molecule has 3 aliphatic rings. The van der Waals surface area contributed by atoms with Crippen molar-refractivity contribution in [3.05, 3.63) is 38.5 Å². The van der Waals surface area contributed by atoms with Crippen LogP contribution in [0.2, 0.25) is 5.02 Å². The van der Waals surface area contributed by atoms with E-state index >= 15 is 0 Å². The molecule has 146 valence electrons. The number of nitrogens with one attached hydrogen (secondary N) is 3. The number of nitrogens with zero attached hydrogens (tertiary/aromatic N) is 5. The Morgan fingerprint density at radius 2 is 2.18 bits per heavy atom. The number of halogens is 1. The van der Waals surface area contributed by atoms with Gasteiger partial charge in [-0.2, -0.15) is 5.10 Å². The molecule has 0 unspecified atom stereocenters. The fraction of sp³-hybridized carbons (Fsp3) is 0.353. The highest BCUT2D eigenvalue weighted by Crippen LogP contribution is 2.37. The van der Waals surface area contributed by atoms with Crippen LogP contribution < -0.4 is 26.6 Å². The van der Waals surface area contributed by atoms with Crippen LogP contribution in [0.15, 0.2) is 37.3 Å². The molecular formula is C17H19ClN8O2. The van der Waals surface area contributed by atoms with E-state index < -0.39 is 11.2 Å². The van der Waals surface area contributed by atoms with Gasteiger partial charge in [0.25, 0.3) is 11.5 Å². The lowest BCUT2D eigenvalue weighted by Gasteiger charge is -2.53. The maximum absolute atomic E-state index is 13.2. The maximum atomic E-state index is 13.2. The monoisotopic (exact) mass is 402 g/mol. The molecule has 1 saturated carbocycles. The van der Waals surface area contributed by atoms with E-state index in [9.17, 15) is 9.59 Å². The Hall–Kier alpha value is -3.14. The molecule has 1 aromatic rings. The van der Waals surface area contributed by atoms with Crippen molar-refractivity contribution in [3.63, 3.8) is 0 Å². The lowest BCUT2D eigenvalue weighted by atomic mass is 9.83. The number of carbonyl (C=O) groups is 1. The first-order chi connectivity index (χ1) is 13.4. The van der Waals surface area contributed by atoms with Crippen molar-refractivity contribution < 1.29 is 4.79 Å². The number of carbonyl (C=O) groups excluding carboxylic acids is 1. The molecule has 1 aliphatic carbocycles. The Morgan fingerprint density at radius 3 is 2.79 bits per heavy atom. The average Bonchev–Trinajstić information content (AvgIpc) is 3.12. The Morgan fingerprint density at radius 1 is 1.43 bits per heavy atom. The van der Waals surface area contributed by atoms with Gasteiger partial charge in [-0.05, 0) is 32.0 Å².